The lowest BCUT2D eigenvalue weighted by atomic mass is 10.2. The number of carbonyl (C=O) groups is 1. The molecule has 1 N–H and O–H groups in total. The Labute approximate surface area is 178 Å². The fraction of sp³-hybridized carbons (Fsp3) is 0.182. The summed E-state index contributed by atoms with van der Waals surface area (Å²) in [4.78, 5) is 12.5. The molecule has 4 rings (SSSR count). The zero-order chi connectivity index (χ0) is 20.9. The van der Waals surface area contributed by atoms with Gasteiger partial charge in [0.25, 0.3) is 5.22 Å². The summed E-state index contributed by atoms with van der Waals surface area (Å²) in [5.41, 5.74) is 4.25. The molecule has 152 valence electrons. The van der Waals surface area contributed by atoms with Crippen LogP contribution < -0.4 is 5.32 Å². The molecule has 0 radical (unpaired) electrons. The molecule has 1 amide bonds. The Balaban J connectivity index is 1.34. The second-order valence-electron chi connectivity index (χ2n) is 6.68. The Morgan fingerprint density at radius 3 is 2.47 bits per heavy atom. The van der Waals surface area contributed by atoms with E-state index in [-0.39, 0.29) is 5.91 Å². The molecule has 0 aliphatic carbocycles. The van der Waals surface area contributed by atoms with E-state index in [1.165, 1.54) is 11.8 Å². The highest BCUT2D eigenvalue weighted by Gasteiger charge is 2.16. The smallest absolute Gasteiger partial charge is 0.276 e. The minimum atomic E-state index is -0.0795. The zero-order valence-corrected chi connectivity index (χ0v) is 17.5. The summed E-state index contributed by atoms with van der Waals surface area (Å²) in [5, 5.41) is 16.1. The highest BCUT2D eigenvalue weighted by atomic mass is 32.2. The Morgan fingerprint density at radius 1 is 1.03 bits per heavy atom. The monoisotopic (exact) mass is 419 g/mol. The van der Waals surface area contributed by atoms with Gasteiger partial charge >= 0.3 is 0 Å². The number of anilines is 1. The van der Waals surface area contributed by atoms with E-state index >= 15 is 0 Å². The Kier molecular flexibility index (Phi) is 5.94. The number of aryl methyl sites for hydroxylation is 1. The largest absolute Gasteiger partial charge is 0.411 e. The Bertz CT molecular complexity index is 1140. The maximum Gasteiger partial charge on any atom is 0.276 e. The van der Waals surface area contributed by atoms with Crippen molar-refractivity contribution < 1.29 is 9.21 Å². The number of benzene rings is 2. The number of hydrogen-bond acceptors (Lipinski definition) is 6. The lowest BCUT2D eigenvalue weighted by Gasteiger charge is -2.06. The predicted molar refractivity (Wildman–Crippen MR) is 117 cm³/mol. The second kappa shape index (κ2) is 8.96. The molecular weight excluding hydrogens is 398 g/mol. The molecule has 0 saturated heterocycles. The average Bonchev–Trinajstić information content (AvgIpc) is 3.35. The van der Waals surface area contributed by atoms with Crippen molar-refractivity contribution in [3.8, 4) is 17.1 Å². The summed E-state index contributed by atoms with van der Waals surface area (Å²) in [7, 11) is 0. The molecule has 2 aromatic carbocycles. The van der Waals surface area contributed by atoms with Gasteiger partial charge in [-0.05, 0) is 38.1 Å². The highest BCUT2D eigenvalue weighted by molar-refractivity contribution is 7.99. The van der Waals surface area contributed by atoms with Gasteiger partial charge < -0.3 is 9.73 Å². The van der Waals surface area contributed by atoms with Gasteiger partial charge in [0, 0.05) is 17.7 Å². The number of amides is 1. The van der Waals surface area contributed by atoms with Crippen molar-refractivity contribution in [1.82, 2.24) is 20.0 Å². The number of carbonyl (C=O) groups excluding carboxylic acids is 1. The van der Waals surface area contributed by atoms with Crippen LogP contribution in [0.4, 0.5) is 5.69 Å². The van der Waals surface area contributed by atoms with Crippen LogP contribution >= 0.6 is 11.8 Å². The van der Waals surface area contributed by atoms with Gasteiger partial charge in [0.05, 0.1) is 22.8 Å². The van der Waals surface area contributed by atoms with Gasteiger partial charge in [-0.2, -0.15) is 5.10 Å². The topological polar surface area (TPSA) is 85.8 Å². The molecule has 0 unspecified atom stereocenters. The normalized spacial score (nSPS) is 10.9. The van der Waals surface area contributed by atoms with Crippen molar-refractivity contribution in [2.24, 2.45) is 0 Å². The number of hydrogen-bond donors (Lipinski definition) is 1. The van der Waals surface area contributed by atoms with Crippen molar-refractivity contribution in [3.63, 3.8) is 0 Å². The maximum absolute atomic E-state index is 12.5. The van der Waals surface area contributed by atoms with Crippen LogP contribution in [-0.2, 0) is 4.79 Å². The molecule has 2 aromatic heterocycles. The predicted octanol–water partition coefficient (Wildman–Crippen LogP) is 4.66. The van der Waals surface area contributed by atoms with Crippen LogP contribution in [0.2, 0.25) is 0 Å². The average molecular weight is 420 g/mol. The van der Waals surface area contributed by atoms with Crippen LogP contribution in [0.25, 0.3) is 17.1 Å². The van der Waals surface area contributed by atoms with Gasteiger partial charge in [0.2, 0.25) is 11.8 Å². The number of nitrogens with one attached hydrogen (secondary N) is 1. The van der Waals surface area contributed by atoms with Crippen molar-refractivity contribution >= 4 is 23.4 Å². The molecule has 7 nitrogen and oxygen atoms in total. The number of para-hydroxylation sites is 1. The van der Waals surface area contributed by atoms with Crippen molar-refractivity contribution in [1.29, 1.82) is 0 Å². The van der Waals surface area contributed by atoms with Crippen LogP contribution in [0.15, 0.2) is 70.3 Å². The Morgan fingerprint density at radius 2 is 1.73 bits per heavy atom. The van der Waals surface area contributed by atoms with Gasteiger partial charge in [-0.15, -0.1) is 10.2 Å². The number of thioether (sulfide) groups is 1. The Hall–Kier alpha value is -3.39. The molecule has 0 spiro atoms. The third kappa shape index (κ3) is 4.44. The maximum atomic E-state index is 12.5. The van der Waals surface area contributed by atoms with Crippen LogP contribution in [0.3, 0.4) is 0 Å². The first kappa shape index (κ1) is 19.9. The minimum Gasteiger partial charge on any atom is -0.411 e. The molecule has 30 heavy (non-hydrogen) atoms. The van der Waals surface area contributed by atoms with E-state index in [0.717, 1.165) is 28.3 Å². The van der Waals surface area contributed by atoms with E-state index in [0.29, 0.717) is 23.3 Å². The fourth-order valence-corrected chi connectivity index (χ4v) is 3.74. The van der Waals surface area contributed by atoms with Gasteiger partial charge in [-0.25, -0.2) is 4.68 Å². The van der Waals surface area contributed by atoms with E-state index in [2.05, 4.69) is 20.6 Å². The fourth-order valence-electron chi connectivity index (χ4n) is 3.04. The van der Waals surface area contributed by atoms with Gasteiger partial charge in [0.1, 0.15) is 0 Å². The summed E-state index contributed by atoms with van der Waals surface area (Å²) in [6.45, 7) is 3.83. The molecule has 0 fully saturated rings. The third-order valence-electron chi connectivity index (χ3n) is 4.54. The van der Waals surface area contributed by atoms with Crippen molar-refractivity contribution in [2.45, 2.75) is 25.5 Å². The molecule has 0 saturated carbocycles. The summed E-state index contributed by atoms with van der Waals surface area (Å²) >= 11 is 1.36. The lowest BCUT2D eigenvalue weighted by molar-refractivity contribution is -0.115. The first-order chi connectivity index (χ1) is 14.6. The number of rotatable bonds is 7. The zero-order valence-electron chi connectivity index (χ0n) is 16.7. The molecule has 2 heterocycles. The van der Waals surface area contributed by atoms with E-state index < -0.39 is 0 Å². The van der Waals surface area contributed by atoms with Gasteiger partial charge in [-0.3, -0.25) is 4.79 Å². The quantitative estimate of drug-likeness (QED) is 0.439. The van der Waals surface area contributed by atoms with Crippen LogP contribution in [-0.4, -0.2) is 31.6 Å². The first-order valence-electron chi connectivity index (χ1n) is 9.55. The third-order valence-corrected chi connectivity index (χ3v) is 5.36. The van der Waals surface area contributed by atoms with Crippen molar-refractivity contribution in [3.05, 3.63) is 72.1 Å². The molecule has 8 heteroatoms. The van der Waals surface area contributed by atoms with Crippen LogP contribution in [0.1, 0.15) is 17.8 Å². The van der Waals surface area contributed by atoms with E-state index in [1.807, 2.05) is 79.2 Å². The van der Waals surface area contributed by atoms with Crippen molar-refractivity contribution in [2.75, 3.05) is 11.1 Å². The summed E-state index contributed by atoms with van der Waals surface area (Å²) < 4.78 is 7.49. The highest BCUT2D eigenvalue weighted by Crippen LogP contribution is 2.25. The standard InChI is InChI=1S/C22H21N5O2S/c1-15-20(16(2)27(26-15)18-11-7-4-8-12-18)23-19(28)13-14-30-22-25-24-21(29-22)17-9-5-3-6-10-17/h3-12H,13-14H2,1-2H3,(H,23,28). The summed E-state index contributed by atoms with van der Waals surface area (Å²) in [6.07, 6.45) is 0.323. The molecule has 0 bridgehead atoms. The van der Waals surface area contributed by atoms with Crippen LogP contribution in [0, 0.1) is 13.8 Å². The first-order valence-corrected chi connectivity index (χ1v) is 10.5. The minimum absolute atomic E-state index is 0.0795. The molecule has 0 atom stereocenters. The molecular formula is C22H21N5O2S. The van der Waals surface area contributed by atoms with Gasteiger partial charge in [0.15, 0.2) is 0 Å². The van der Waals surface area contributed by atoms with E-state index in [9.17, 15) is 4.79 Å². The van der Waals surface area contributed by atoms with Gasteiger partial charge in [-0.1, -0.05) is 48.2 Å². The lowest BCUT2D eigenvalue weighted by Crippen LogP contribution is -2.13. The number of aromatic nitrogens is 4. The molecule has 0 aliphatic heterocycles. The number of nitrogens with zero attached hydrogens (tertiary/aromatic N) is 4. The summed E-state index contributed by atoms with van der Waals surface area (Å²) in [6, 6.07) is 19.4. The van der Waals surface area contributed by atoms with E-state index in [4.69, 9.17) is 4.42 Å². The molecule has 4 aromatic rings. The van der Waals surface area contributed by atoms with E-state index in [1.54, 1.807) is 0 Å². The second-order valence-corrected chi connectivity index (χ2v) is 7.73. The summed E-state index contributed by atoms with van der Waals surface area (Å²) in [5.74, 6) is 0.930. The SMILES string of the molecule is Cc1nn(-c2ccccc2)c(C)c1NC(=O)CCSc1nnc(-c2ccccc2)o1. The molecule has 0 aliphatic rings. The van der Waals surface area contributed by atoms with Crippen LogP contribution in [0.5, 0.6) is 0 Å².